The Morgan fingerprint density at radius 2 is 1.78 bits per heavy atom. The Bertz CT molecular complexity index is 801. The quantitative estimate of drug-likeness (QED) is 0.790. The average molecular weight is 394 g/mol. The Kier molecular flexibility index (Phi) is 6.46. The second-order valence-corrected chi connectivity index (χ2v) is 7.17. The normalized spacial score (nSPS) is 14.7. The number of thiazole rings is 1. The minimum atomic E-state index is -0.840. The summed E-state index contributed by atoms with van der Waals surface area (Å²) in [6.07, 6.45) is 3.65. The number of carbonyl (C=O) groups is 2. The molecule has 0 spiro atoms. The SMILES string of the molecule is O=C(Nc1nc(C(=O)NCCN2CCCCC2)cs1)c1cc(F)cc(F)c1. The number of hydrogen-bond donors (Lipinski definition) is 2. The van der Waals surface area contributed by atoms with Gasteiger partial charge in [-0.15, -0.1) is 11.3 Å². The minimum absolute atomic E-state index is 0.157. The van der Waals surface area contributed by atoms with Gasteiger partial charge in [0.15, 0.2) is 5.13 Å². The van der Waals surface area contributed by atoms with Crippen LogP contribution in [-0.2, 0) is 0 Å². The van der Waals surface area contributed by atoms with Gasteiger partial charge in [0, 0.05) is 30.1 Å². The van der Waals surface area contributed by atoms with Crippen molar-refractivity contribution in [1.82, 2.24) is 15.2 Å². The van der Waals surface area contributed by atoms with Gasteiger partial charge in [-0.3, -0.25) is 14.9 Å². The number of carbonyl (C=O) groups excluding carboxylic acids is 2. The summed E-state index contributed by atoms with van der Waals surface area (Å²) in [5, 5.41) is 6.97. The molecule has 27 heavy (non-hydrogen) atoms. The molecular formula is C18H20F2N4O2S. The second kappa shape index (κ2) is 9.01. The Morgan fingerprint density at radius 1 is 1.07 bits per heavy atom. The first-order valence-corrected chi connectivity index (χ1v) is 9.63. The molecule has 0 bridgehead atoms. The first kappa shape index (κ1) is 19.4. The maximum Gasteiger partial charge on any atom is 0.270 e. The molecule has 1 aromatic carbocycles. The maximum atomic E-state index is 13.2. The monoisotopic (exact) mass is 394 g/mol. The van der Waals surface area contributed by atoms with Crippen molar-refractivity contribution in [3.63, 3.8) is 0 Å². The van der Waals surface area contributed by atoms with Crippen LogP contribution in [0.4, 0.5) is 13.9 Å². The fourth-order valence-electron chi connectivity index (χ4n) is 2.89. The molecule has 1 aliphatic heterocycles. The van der Waals surface area contributed by atoms with Gasteiger partial charge in [-0.05, 0) is 38.1 Å². The van der Waals surface area contributed by atoms with Crippen molar-refractivity contribution in [2.24, 2.45) is 0 Å². The number of amides is 2. The molecule has 2 amide bonds. The van der Waals surface area contributed by atoms with Crippen molar-refractivity contribution in [3.8, 4) is 0 Å². The van der Waals surface area contributed by atoms with E-state index < -0.39 is 17.5 Å². The van der Waals surface area contributed by atoms with Crippen LogP contribution in [0.25, 0.3) is 0 Å². The number of nitrogens with zero attached hydrogens (tertiary/aromatic N) is 2. The number of likely N-dealkylation sites (tertiary alicyclic amines) is 1. The Balaban J connectivity index is 1.51. The lowest BCUT2D eigenvalue weighted by Gasteiger charge is -2.26. The van der Waals surface area contributed by atoms with Gasteiger partial charge in [0.1, 0.15) is 17.3 Å². The van der Waals surface area contributed by atoms with Crippen molar-refractivity contribution in [3.05, 3.63) is 46.5 Å². The van der Waals surface area contributed by atoms with Crippen LogP contribution in [0.1, 0.15) is 40.1 Å². The fourth-order valence-corrected chi connectivity index (χ4v) is 3.58. The largest absolute Gasteiger partial charge is 0.349 e. The molecule has 0 unspecified atom stereocenters. The van der Waals surface area contributed by atoms with Crippen LogP contribution in [0.2, 0.25) is 0 Å². The maximum absolute atomic E-state index is 13.2. The van der Waals surface area contributed by atoms with Crippen molar-refractivity contribution < 1.29 is 18.4 Å². The second-order valence-electron chi connectivity index (χ2n) is 6.31. The highest BCUT2D eigenvalue weighted by Gasteiger charge is 2.15. The topological polar surface area (TPSA) is 74.3 Å². The summed E-state index contributed by atoms with van der Waals surface area (Å²) in [7, 11) is 0. The summed E-state index contributed by atoms with van der Waals surface area (Å²) in [6.45, 7) is 3.44. The van der Waals surface area contributed by atoms with Crippen LogP contribution in [-0.4, -0.2) is 47.9 Å². The predicted molar refractivity (Wildman–Crippen MR) is 99.0 cm³/mol. The van der Waals surface area contributed by atoms with Gasteiger partial charge in [0.2, 0.25) is 0 Å². The molecule has 0 aliphatic carbocycles. The van der Waals surface area contributed by atoms with Gasteiger partial charge < -0.3 is 10.2 Å². The van der Waals surface area contributed by atoms with Crippen LogP contribution in [0, 0.1) is 11.6 Å². The third-order valence-corrected chi connectivity index (χ3v) is 5.00. The lowest BCUT2D eigenvalue weighted by atomic mass is 10.1. The van der Waals surface area contributed by atoms with Crippen LogP contribution in [0.5, 0.6) is 0 Å². The zero-order valence-corrected chi connectivity index (χ0v) is 15.5. The summed E-state index contributed by atoms with van der Waals surface area (Å²) in [4.78, 5) is 30.6. The number of piperidine rings is 1. The third kappa shape index (κ3) is 5.54. The van der Waals surface area contributed by atoms with E-state index in [1.807, 2.05) is 0 Å². The van der Waals surface area contributed by atoms with Crippen LogP contribution in [0.15, 0.2) is 23.6 Å². The Hall–Kier alpha value is -2.39. The van der Waals surface area contributed by atoms with E-state index in [9.17, 15) is 18.4 Å². The van der Waals surface area contributed by atoms with E-state index >= 15 is 0 Å². The smallest absolute Gasteiger partial charge is 0.270 e. The molecule has 1 aliphatic rings. The molecule has 6 nitrogen and oxygen atoms in total. The number of rotatable bonds is 6. The van der Waals surface area contributed by atoms with Crippen molar-refractivity contribution in [2.75, 3.05) is 31.5 Å². The lowest BCUT2D eigenvalue weighted by molar-refractivity contribution is 0.0941. The molecule has 9 heteroatoms. The van der Waals surface area contributed by atoms with E-state index in [1.165, 1.54) is 24.6 Å². The van der Waals surface area contributed by atoms with Crippen molar-refractivity contribution >= 4 is 28.3 Å². The highest BCUT2D eigenvalue weighted by molar-refractivity contribution is 7.14. The van der Waals surface area contributed by atoms with E-state index in [4.69, 9.17) is 0 Å². The summed E-state index contributed by atoms with van der Waals surface area (Å²) in [6, 6.07) is 2.55. The number of hydrogen-bond acceptors (Lipinski definition) is 5. The Morgan fingerprint density at radius 3 is 2.48 bits per heavy atom. The Labute approximate surface area is 159 Å². The van der Waals surface area contributed by atoms with E-state index in [-0.39, 0.29) is 22.3 Å². The first-order chi connectivity index (χ1) is 13.0. The van der Waals surface area contributed by atoms with Gasteiger partial charge in [-0.25, -0.2) is 13.8 Å². The number of aromatic nitrogens is 1. The van der Waals surface area contributed by atoms with E-state index in [0.29, 0.717) is 12.6 Å². The van der Waals surface area contributed by atoms with Gasteiger partial charge >= 0.3 is 0 Å². The summed E-state index contributed by atoms with van der Waals surface area (Å²) in [5.41, 5.74) is 0.0367. The lowest BCUT2D eigenvalue weighted by Crippen LogP contribution is -2.37. The molecule has 0 radical (unpaired) electrons. The summed E-state index contributed by atoms with van der Waals surface area (Å²) < 4.78 is 26.4. The zero-order valence-electron chi connectivity index (χ0n) is 14.6. The van der Waals surface area contributed by atoms with Crippen LogP contribution < -0.4 is 10.6 Å². The van der Waals surface area contributed by atoms with E-state index in [1.54, 1.807) is 0 Å². The molecule has 3 rings (SSSR count). The molecule has 1 saturated heterocycles. The molecular weight excluding hydrogens is 374 g/mol. The van der Waals surface area contributed by atoms with Crippen molar-refractivity contribution in [1.29, 1.82) is 0 Å². The molecule has 1 aromatic heterocycles. The number of benzene rings is 1. The number of nitrogens with one attached hydrogen (secondary N) is 2. The van der Waals surface area contributed by atoms with Crippen molar-refractivity contribution in [2.45, 2.75) is 19.3 Å². The predicted octanol–water partition coefficient (Wildman–Crippen LogP) is 2.89. The van der Waals surface area contributed by atoms with E-state index in [0.717, 1.165) is 43.1 Å². The third-order valence-electron chi connectivity index (χ3n) is 4.24. The van der Waals surface area contributed by atoms with Gasteiger partial charge in [-0.2, -0.15) is 0 Å². The van der Waals surface area contributed by atoms with Crippen LogP contribution in [0.3, 0.4) is 0 Å². The summed E-state index contributed by atoms with van der Waals surface area (Å²) >= 11 is 1.07. The number of halogens is 2. The highest BCUT2D eigenvalue weighted by Crippen LogP contribution is 2.17. The molecule has 2 aromatic rings. The molecule has 2 heterocycles. The zero-order chi connectivity index (χ0) is 19.2. The number of anilines is 1. The van der Waals surface area contributed by atoms with Gasteiger partial charge in [0.25, 0.3) is 11.8 Å². The molecule has 2 N–H and O–H groups in total. The molecule has 0 saturated carbocycles. The standard InChI is InChI=1S/C18H20F2N4O2S/c19-13-8-12(9-14(20)10-13)16(25)23-18-22-15(11-27-18)17(26)21-4-7-24-5-2-1-3-6-24/h8-11H,1-7H2,(H,21,26)(H,22,23,25). The van der Waals surface area contributed by atoms with E-state index in [2.05, 4.69) is 20.5 Å². The molecule has 0 atom stereocenters. The minimum Gasteiger partial charge on any atom is -0.349 e. The average Bonchev–Trinajstić information content (AvgIpc) is 3.10. The fraction of sp³-hybridized carbons (Fsp3) is 0.389. The highest BCUT2D eigenvalue weighted by atomic mass is 32.1. The van der Waals surface area contributed by atoms with Crippen LogP contribution >= 0.6 is 11.3 Å². The van der Waals surface area contributed by atoms with Gasteiger partial charge in [-0.1, -0.05) is 6.42 Å². The van der Waals surface area contributed by atoms with Gasteiger partial charge in [0.05, 0.1) is 0 Å². The molecule has 1 fully saturated rings. The summed E-state index contributed by atoms with van der Waals surface area (Å²) in [5.74, 6) is -2.69. The first-order valence-electron chi connectivity index (χ1n) is 8.75. The molecule has 144 valence electrons.